The number of hydrogen-bond donors (Lipinski definition) is 1. The third-order valence-corrected chi connectivity index (χ3v) is 4.60. The summed E-state index contributed by atoms with van der Waals surface area (Å²) in [6.45, 7) is 10.9. The van der Waals surface area contributed by atoms with Crippen molar-refractivity contribution in [2.75, 3.05) is 13.1 Å². The second-order valence-electron chi connectivity index (χ2n) is 6.78. The van der Waals surface area contributed by atoms with E-state index in [0.29, 0.717) is 12.0 Å². The molecule has 1 saturated heterocycles. The zero-order valence-electron chi connectivity index (χ0n) is 12.3. The Morgan fingerprint density at radius 1 is 1.22 bits per heavy atom. The summed E-state index contributed by atoms with van der Waals surface area (Å²) in [5, 5.41) is 3.22. The van der Waals surface area contributed by atoms with Gasteiger partial charge in [0.25, 0.3) is 0 Å². The van der Waals surface area contributed by atoms with Crippen LogP contribution in [-0.2, 0) is 4.79 Å². The summed E-state index contributed by atoms with van der Waals surface area (Å²) in [5.74, 6) is 1.84. The van der Waals surface area contributed by atoms with Crippen molar-refractivity contribution in [3.05, 3.63) is 0 Å². The topological polar surface area (TPSA) is 32.3 Å². The lowest BCUT2D eigenvalue weighted by Gasteiger charge is -2.48. The number of likely N-dealkylation sites (tertiary alicyclic amines) is 1. The summed E-state index contributed by atoms with van der Waals surface area (Å²) in [7, 11) is 0. The lowest BCUT2D eigenvalue weighted by molar-refractivity contribution is -0.125. The van der Waals surface area contributed by atoms with Gasteiger partial charge in [-0.1, -0.05) is 27.7 Å². The van der Waals surface area contributed by atoms with E-state index in [2.05, 4.69) is 24.1 Å². The van der Waals surface area contributed by atoms with Gasteiger partial charge in [-0.15, -0.1) is 0 Å². The first kappa shape index (κ1) is 13.9. The van der Waals surface area contributed by atoms with Crippen molar-refractivity contribution in [3.8, 4) is 0 Å². The Morgan fingerprint density at radius 3 is 2.44 bits per heavy atom. The molecule has 1 amide bonds. The minimum atomic E-state index is 0.0957. The van der Waals surface area contributed by atoms with Crippen LogP contribution in [0.25, 0.3) is 0 Å². The Morgan fingerprint density at radius 2 is 1.94 bits per heavy atom. The molecule has 0 spiro atoms. The fourth-order valence-electron chi connectivity index (χ4n) is 3.33. The van der Waals surface area contributed by atoms with Gasteiger partial charge in [-0.25, -0.2) is 0 Å². The highest BCUT2D eigenvalue weighted by molar-refractivity contribution is 5.78. The quantitative estimate of drug-likeness (QED) is 0.835. The predicted molar refractivity (Wildman–Crippen MR) is 74.3 cm³/mol. The van der Waals surface area contributed by atoms with Gasteiger partial charge in [-0.2, -0.15) is 0 Å². The summed E-state index contributed by atoms with van der Waals surface area (Å²) in [5.41, 5.74) is 0. The number of nitrogens with zero attached hydrogens (tertiary/aromatic N) is 1. The Hall–Kier alpha value is -0.570. The van der Waals surface area contributed by atoms with E-state index < -0.39 is 0 Å². The normalized spacial score (nSPS) is 37.4. The van der Waals surface area contributed by atoms with Gasteiger partial charge in [-0.3, -0.25) is 9.69 Å². The maximum Gasteiger partial charge on any atom is 0.222 e. The highest BCUT2D eigenvalue weighted by Crippen LogP contribution is 2.34. The molecule has 3 nitrogen and oxygen atoms in total. The van der Waals surface area contributed by atoms with Crippen LogP contribution in [0.2, 0.25) is 0 Å². The van der Waals surface area contributed by atoms with Crippen molar-refractivity contribution in [2.24, 2.45) is 17.8 Å². The van der Waals surface area contributed by atoms with E-state index in [9.17, 15) is 4.79 Å². The fourth-order valence-corrected chi connectivity index (χ4v) is 3.33. The molecule has 2 rings (SSSR count). The van der Waals surface area contributed by atoms with E-state index in [-0.39, 0.29) is 11.8 Å². The Bertz CT molecular complexity index is 303. The molecule has 1 aliphatic carbocycles. The van der Waals surface area contributed by atoms with E-state index in [4.69, 9.17) is 0 Å². The number of rotatable bonds is 3. The molecule has 1 saturated carbocycles. The Balaban J connectivity index is 1.90. The molecule has 0 aromatic carbocycles. The van der Waals surface area contributed by atoms with Gasteiger partial charge >= 0.3 is 0 Å². The van der Waals surface area contributed by atoms with Gasteiger partial charge in [0.2, 0.25) is 5.91 Å². The minimum Gasteiger partial charge on any atom is -0.352 e. The highest BCUT2D eigenvalue weighted by atomic mass is 16.1. The average molecular weight is 252 g/mol. The van der Waals surface area contributed by atoms with Crippen LogP contribution in [0.3, 0.4) is 0 Å². The molecule has 104 valence electrons. The maximum absolute atomic E-state index is 11.8. The molecule has 2 fully saturated rings. The van der Waals surface area contributed by atoms with Crippen molar-refractivity contribution in [3.63, 3.8) is 0 Å². The third-order valence-electron chi connectivity index (χ3n) is 4.60. The first-order valence-corrected chi connectivity index (χ1v) is 7.51. The summed E-state index contributed by atoms with van der Waals surface area (Å²) in [6, 6.07) is 1.13. The van der Waals surface area contributed by atoms with Crippen molar-refractivity contribution < 1.29 is 4.79 Å². The SMILES string of the molecule is CC1CC(NC(=O)C(C)C)CN(C2CCC2C)C1. The van der Waals surface area contributed by atoms with Crippen molar-refractivity contribution in [2.45, 2.75) is 59.0 Å². The van der Waals surface area contributed by atoms with Gasteiger partial charge < -0.3 is 5.32 Å². The van der Waals surface area contributed by atoms with Crippen LogP contribution in [0.5, 0.6) is 0 Å². The molecule has 4 unspecified atom stereocenters. The van der Waals surface area contributed by atoms with Crippen molar-refractivity contribution in [1.29, 1.82) is 0 Å². The monoisotopic (exact) mass is 252 g/mol. The standard InChI is InChI=1S/C15H28N2O/c1-10(2)15(18)16-13-7-11(3)8-17(9-13)14-6-5-12(14)4/h10-14H,5-9H2,1-4H3,(H,16,18). The van der Waals surface area contributed by atoms with Crippen LogP contribution in [0.15, 0.2) is 0 Å². The molecule has 1 N–H and O–H groups in total. The molecule has 4 atom stereocenters. The molecule has 0 aromatic heterocycles. The first-order valence-electron chi connectivity index (χ1n) is 7.51. The highest BCUT2D eigenvalue weighted by Gasteiger charge is 2.36. The number of nitrogens with one attached hydrogen (secondary N) is 1. The minimum absolute atomic E-state index is 0.0957. The van der Waals surface area contributed by atoms with Gasteiger partial charge in [0, 0.05) is 31.1 Å². The number of amides is 1. The number of carbonyl (C=O) groups is 1. The smallest absolute Gasteiger partial charge is 0.222 e. The predicted octanol–water partition coefficient (Wildman–Crippen LogP) is 2.27. The lowest BCUT2D eigenvalue weighted by atomic mass is 9.78. The molecule has 0 aromatic rings. The van der Waals surface area contributed by atoms with Gasteiger partial charge in [-0.05, 0) is 31.1 Å². The molecule has 1 aliphatic heterocycles. The zero-order valence-corrected chi connectivity index (χ0v) is 12.3. The summed E-state index contributed by atoms with van der Waals surface area (Å²) >= 11 is 0. The molecule has 0 radical (unpaired) electrons. The Labute approximate surface area is 111 Å². The molecular weight excluding hydrogens is 224 g/mol. The average Bonchev–Trinajstić information content (AvgIpc) is 2.26. The van der Waals surface area contributed by atoms with Crippen LogP contribution in [0.4, 0.5) is 0 Å². The number of piperidine rings is 1. The molecular formula is C15H28N2O. The van der Waals surface area contributed by atoms with Crippen LogP contribution in [0, 0.1) is 17.8 Å². The fraction of sp³-hybridized carbons (Fsp3) is 0.933. The van der Waals surface area contributed by atoms with E-state index in [1.54, 1.807) is 0 Å². The van der Waals surface area contributed by atoms with Gasteiger partial charge in [0.15, 0.2) is 0 Å². The van der Waals surface area contributed by atoms with Crippen LogP contribution < -0.4 is 5.32 Å². The second-order valence-corrected chi connectivity index (χ2v) is 6.78. The van der Waals surface area contributed by atoms with Crippen molar-refractivity contribution in [1.82, 2.24) is 10.2 Å². The van der Waals surface area contributed by atoms with E-state index in [1.165, 1.54) is 19.4 Å². The van der Waals surface area contributed by atoms with Crippen molar-refractivity contribution >= 4 is 5.91 Å². The lowest BCUT2D eigenvalue weighted by Crippen LogP contribution is -2.57. The van der Waals surface area contributed by atoms with Crippen LogP contribution in [-0.4, -0.2) is 36.0 Å². The molecule has 1 heterocycles. The van der Waals surface area contributed by atoms with Gasteiger partial charge in [0.05, 0.1) is 0 Å². The molecule has 3 heteroatoms. The summed E-state index contributed by atoms with van der Waals surface area (Å²) < 4.78 is 0. The molecule has 0 bridgehead atoms. The maximum atomic E-state index is 11.8. The van der Waals surface area contributed by atoms with Crippen LogP contribution >= 0.6 is 0 Å². The second kappa shape index (κ2) is 5.60. The first-order chi connectivity index (χ1) is 8.47. The molecule has 2 aliphatic rings. The third kappa shape index (κ3) is 3.05. The molecule has 18 heavy (non-hydrogen) atoms. The largest absolute Gasteiger partial charge is 0.352 e. The van der Waals surface area contributed by atoms with E-state index in [0.717, 1.165) is 24.9 Å². The Kier molecular flexibility index (Phi) is 4.31. The number of carbonyl (C=O) groups excluding carboxylic acids is 1. The summed E-state index contributed by atoms with van der Waals surface area (Å²) in [4.78, 5) is 14.4. The number of hydrogen-bond acceptors (Lipinski definition) is 2. The van der Waals surface area contributed by atoms with Gasteiger partial charge in [0.1, 0.15) is 0 Å². The zero-order chi connectivity index (χ0) is 13.3. The van der Waals surface area contributed by atoms with Crippen LogP contribution in [0.1, 0.15) is 47.0 Å². The van der Waals surface area contributed by atoms with E-state index >= 15 is 0 Å². The summed E-state index contributed by atoms with van der Waals surface area (Å²) in [6.07, 6.45) is 3.85. The van der Waals surface area contributed by atoms with E-state index in [1.807, 2.05) is 13.8 Å².